The van der Waals surface area contributed by atoms with Gasteiger partial charge in [-0.2, -0.15) is 9.97 Å². The third-order valence-corrected chi connectivity index (χ3v) is 13.5. The Labute approximate surface area is 375 Å². The van der Waals surface area contributed by atoms with E-state index >= 15 is 0 Å². The van der Waals surface area contributed by atoms with Crippen LogP contribution in [-0.4, -0.2) is 24.1 Å². The number of furan rings is 2. The molecule has 0 fully saturated rings. The van der Waals surface area contributed by atoms with E-state index in [4.69, 9.17) is 23.8 Å². The second-order valence-electron chi connectivity index (χ2n) is 17.2. The average Bonchev–Trinajstić information content (AvgIpc) is 4.13. The van der Waals surface area contributed by atoms with Gasteiger partial charge in [0.1, 0.15) is 16.7 Å². The number of fused-ring (bicyclic) bond motifs is 15. The van der Waals surface area contributed by atoms with E-state index in [1.165, 1.54) is 26.9 Å². The van der Waals surface area contributed by atoms with Crippen LogP contribution in [0.5, 0.6) is 0 Å². The molecule has 0 atom stereocenters. The fourth-order valence-electron chi connectivity index (χ4n) is 10.6. The van der Waals surface area contributed by atoms with Crippen molar-refractivity contribution in [3.8, 4) is 34.4 Å². The summed E-state index contributed by atoms with van der Waals surface area (Å²) < 4.78 is 17.9. The third-order valence-electron chi connectivity index (χ3n) is 13.5. The summed E-state index contributed by atoms with van der Waals surface area (Å²) in [5, 5.41) is 13.5. The van der Waals surface area contributed by atoms with Gasteiger partial charge in [-0.15, -0.1) is 0 Å². The number of nitrogens with zero attached hydrogens (tertiary/aromatic N) is 5. The summed E-state index contributed by atoms with van der Waals surface area (Å²) in [6, 6.07) is 70.3. The van der Waals surface area contributed by atoms with Crippen LogP contribution in [0, 0.1) is 0 Å². The summed E-state index contributed by atoms with van der Waals surface area (Å²) in [6.45, 7) is 0. The van der Waals surface area contributed by atoms with E-state index in [0.717, 1.165) is 98.9 Å². The molecule has 0 aliphatic heterocycles. The Morgan fingerprint density at radius 1 is 0.318 bits per heavy atom. The molecule has 0 amide bonds. The molecule has 66 heavy (non-hydrogen) atoms. The summed E-state index contributed by atoms with van der Waals surface area (Å²) in [5.41, 5.74) is 9.94. The summed E-state index contributed by atoms with van der Waals surface area (Å²) in [7, 11) is 0. The smallest absolute Gasteiger partial charge is 0.238 e. The Morgan fingerprint density at radius 2 is 0.909 bits per heavy atom. The minimum absolute atomic E-state index is 0.519. The standard InChI is InChI=1S/C59H33N5O2/c1-2-15-36-31-50-46(29-35(36)14-1)55-39-16-4-3-13-34(39)26-28-49(55)63(50)51-32-38(30-45-43-20-8-12-24-53(43)66-56(45)51)58-60-57(37-25-27-44-42-19-7-11-23-52(42)65-54(44)33-37)61-59(62-58)64-47-21-9-5-17-40(47)41-18-6-10-22-48(41)64/h1-33H. The predicted octanol–water partition coefficient (Wildman–Crippen LogP) is 15.5. The lowest BCUT2D eigenvalue weighted by molar-refractivity contribution is 0.666. The second kappa shape index (κ2) is 13.2. The van der Waals surface area contributed by atoms with Gasteiger partial charge in [-0.3, -0.25) is 4.57 Å². The zero-order valence-electron chi connectivity index (χ0n) is 35.1. The Hall–Kier alpha value is -9.07. The summed E-state index contributed by atoms with van der Waals surface area (Å²) >= 11 is 0. The molecule has 15 rings (SSSR count). The van der Waals surface area contributed by atoms with Crippen molar-refractivity contribution in [1.29, 1.82) is 0 Å². The number of para-hydroxylation sites is 4. The van der Waals surface area contributed by atoms with Crippen LogP contribution in [0.4, 0.5) is 0 Å². The lowest BCUT2D eigenvalue weighted by Crippen LogP contribution is -2.06. The molecule has 5 aromatic heterocycles. The van der Waals surface area contributed by atoms with Crippen molar-refractivity contribution >= 4 is 109 Å². The maximum atomic E-state index is 6.92. The lowest BCUT2D eigenvalue weighted by atomic mass is 10.0. The summed E-state index contributed by atoms with van der Waals surface area (Å²) in [5.74, 6) is 1.59. The molecule has 15 aromatic rings. The zero-order chi connectivity index (χ0) is 43.0. The molecule has 0 N–H and O–H groups in total. The first-order valence-corrected chi connectivity index (χ1v) is 22.2. The van der Waals surface area contributed by atoms with E-state index in [0.29, 0.717) is 17.6 Å². The molecule has 0 radical (unpaired) electrons. The van der Waals surface area contributed by atoms with E-state index in [2.05, 4.69) is 179 Å². The van der Waals surface area contributed by atoms with Gasteiger partial charge < -0.3 is 13.4 Å². The van der Waals surface area contributed by atoms with Gasteiger partial charge in [0.2, 0.25) is 5.95 Å². The molecule has 7 heteroatoms. The molecule has 5 heterocycles. The van der Waals surface area contributed by atoms with Crippen molar-refractivity contribution in [2.45, 2.75) is 0 Å². The van der Waals surface area contributed by atoms with E-state index in [-0.39, 0.29) is 0 Å². The maximum Gasteiger partial charge on any atom is 0.238 e. The molecule has 7 nitrogen and oxygen atoms in total. The van der Waals surface area contributed by atoms with Crippen molar-refractivity contribution in [3.63, 3.8) is 0 Å². The molecule has 0 saturated heterocycles. The van der Waals surface area contributed by atoms with Gasteiger partial charge in [0.05, 0.1) is 27.8 Å². The molecule has 0 spiro atoms. The Morgan fingerprint density at radius 3 is 1.67 bits per heavy atom. The van der Waals surface area contributed by atoms with Gasteiger partial charge in [-0.25, -0.2) is 4.98 Å². The second-order valence-corrected chi connectivity index (χ2v) is 17.2. The van der Waals surface area contributed by atoms with Gasteiger partial charge in [-0.05, 0) is 88.3 Å². The molecule has 306 valence electrons. The third kappa shape index (κ3) is 4.99. The fraction of sp³-hybridized carbons (Fsp3) is 0. The first-order valence-electron chi connectivity index (χ1n) is 22.2. The molecule has 0 unspecified atom stereocenters. The highest BCUT2D eigenvalue weighted by Crippen LogP contribution is 2.44. The van der Waals surface area contributed by atoms with Gasteiger partial charge in [0.15, 0.2) is 17.2 Å². The number of hydrogen-bond acceptors (Lipinski definition) is 5. The number of hydrogen-bond donors (Lipinski definition) is 0. The van der Waals surface area contributed by atoms with Crippen molar-refractivity contribution < 1.29 is 8.83 Å². The first-order chi connectivity index (χ1) is 32.7. The molecule has 0 saturated carbocycles. The van der Waals surface area contributed by atoms with E-state index < -0.39 is 0 Å². The normalized spacial score (nSPS) is 12.2. The largest absolute Gasteiger partial charge is 0.456 e. The maximum absolute atomic E-state index is 6.92. The van der Waals surface area contributed by atoms with Gasteiger partial charge in [0, 0.05) is 54.2 Å². The van der Waals surface area contributed by atoms with Crippen LogP contribution in [0.25, 0.3) is 143 Å². The van der Waals surface area contributed by atoms with Crippen molar-refractivity contribution in [2.24, 2.45) is 0 Å². The van der Waals surface area contributed by atoms with Crippen molar-refractivity contribution in [2.75, 3.05) is 0 Å². The van der Waals surface area contributed by atoms with E-state index in [1.54, 1.807) is 0 Å². The predicted molar refractivity (Wildman–Crippen MR) is 269 cm³/mol. The van der Waals surface area contributed by atoms with Crippen molar-refractivity contribution in [3.05, 3.63) is 200 Å². The Kier molecular flexibility index (Phi) is 7.10. The van der Waals surface area contributed by atoms with Crippen LogP contribution in [0.3, 0.4) is 0 Å². The first kappa shape index (κ1) is 35.4. The highest BCUT2D eigenvalue weighted by atomic mass is 16.3. The van der Waals surface area contributed by atoms with Crippen molar-refractivity contribution in [1.82, 2.24) is 24.1 Å². The van der Waals surface area contributed by atoms with Crippen LogP contribution < -0.4 is 0 Å². The highest BCUT2D eigenvalue weighted by molar-refractivity contribution is 6.24. The number of benzene rings is 10. The Balaban J connectivity index is 1.06. The van der Waals surface area contributed by atoms with Gasteiger partial charge in [0.25, 0.3) is 0 Å². The van der Waals surface area contributed by atoms with Gasteiger partial charge in [-0.1, -0.05) is 133 Å². The summed E-state index contributed by atoms with van der Waals surface area (Å²) in [4.78, 5) is 16.2. The number of aromatic nitrogens is 5. The van der Waals surface area contributed by atoms with Crippen LogP contribution in [0.1, 0.15) is 0 Å². The summed E-state index contributed by atoms with van der Waals surface area (Å²) in [6.07, 6.45) is 0. The molecule has 0 aliphatic rings. The minimum Gasteiger partial charge on any atom is -0.456 e. The van der Waals surface area contributed by atoms with Crippen LogP contribution in [-0.2, 0) is 0 Å². The topological polar surface area (TPSA) is 74.8 Å². The van der Waals surface area contributed by atoms with Gasteiger partial charge >= 0.3 is 0 Å². The molecule has 10 aromatic carbocycles. The number of rotatable bonds is 4. The van der Waals surface area contributed by atoms with E-state index in [1.807, 2.05) is 30.3 Å². The monoisotopic (exact) mass is 843 g/mol. The zero-order valence-corrected chi connectivity index (χ0v) is 35.1. The van der Waals surface area contributed by atoms with Crippen LogP contribution in [0.15, 0.2) is 209 Å². The van der Waals surface area contributed by atoms with Crippen LogP contribution >= 0.6 is 0 Å². The molecule has 0 aliphatic carbocycles. The lowest BCUT2D eigenvalue weighted by Gasteiger charge is -2.14. The average molecular weight is 844 g/mol. The quantitative estimate of drug-likeness (QED) is 0.176. The van der Waals surface area contributed by atoms with E-state index in [9.17, 15) is 0 Å². The molecule has 0 bridgehead atoms. The SMILES string of the molecule is c1ccc2cc3c(cc2c1)c1c2ccccc2ccc1n3-c1cc(-c2nc(-c3ccc4c(c3)oc3ccccc34)nc(-n3c4ccccc4c4ccccc43)n2)cc2c1oc1ccccc12. The molecular formula is C59H33N5O2. The Bertz CT molecular complexity index is 4500. The molecular weight excluding hydrogens is 811 g/mol. The minimum atomic E-state index is 0.519. The van der Waals surface area contributed by atoms with Crippen LogP contribution in [0.2, 0.25) is 0 Å². The fourth-order valence-corrected chi connectivity index (χ4v) is 10.6. The highest BCUT2D eigenvalue weighted by Gasteiger charge is 2.24.